The SMILES string of the molecule is N=C(N)NCCC[C@@H]1NC(=O)OC1=O. The van der Waals surface area contributed by atoms with Crippen LogP contribution in [-0.2, 0) is 9.53 Å². The summed E-state index contributed by atoms with van der Waals surface area (Å²) >= 11 is 0. The third kappa shape index (κ3) is 2.92. The Morgan fingerprint density at radius 3 is 2.86 bits per heavy atom. The van der Waals surface area contributed by atoms with Gasteiger partial charge in [-0.2, -0.15) is 0 Å². The number of esters is 1. The van der Waals surface area contributed by atoms with E-state index in [-0.39, 0.29) is 5.96 Å². The van der Waals surface area contributed by atoms with E-state index in [0.29, 0.717) is 19.4 Å². The molecule has 1 saturated heterocycles. The first-order chi connectivity index (χ1) is 6.59. The molecule has 1 heterocycles. The number of hydrogen-bond donors (Lipinski definition) is 4. The Bertz CT molecular complexity index is 266. The number of cyclic esters (lactones) is 2. The van der Waals surface area contributed by atoms with Crippen molar-refractivity contribution in [3.63, 3.8) is 0 Å². The van der Waals surface area contributed by atoms with E-state index in [1.54, 1.807) is 0 Å². The summed E-state index contributed by atoms with van der Waals surface area (Å²) in [6.07, 6.45) is 0.407. The van der Waals surface area contributed by atoms with Crippen LogP contribution in [0, 0.1) is 5.41 Å². The summed E-state index contributed by atoms with van der Waals surface area (Å²) < 4.78 is 4.28. The number of nitrogens with two attached hydrogens (primary N) is 1. The molecule has 0 aromatic heterocycles. The normalized spacial score (nSPS) is 20.1. The second kappa shape index (κ2) is 4.45. The van der Waals surface area contributed by atoms with Crippen LogP contribution < -0.4 is 16.4 Å². The summed E-state index contributed by atoms with van der Waals surface area (Å²) in [5, 5.41) is 11.8. The number of alkyl carbamates (subject to hydrolysis) is 1. The average Bonchev–Trinajstić information content (AvgIpc) is 2.39. The zero-order chi connectivity index (χ0) is 10.6. The molecule has 78 valence electrons. The van der Waals surface area contributed by atoms with E-state index in [0.717, 1.165) is 0 Å². The molecule has 1 fully saturated rings. The molecule has 0 aromatic rings. The lowest BCUT2D eigenvalue weighted by Crippen LogP contribution is -2.33. The molecular formula is C7H12N4O3. The molecule has 5 N–H and O–H groups in total. The van der Waals surface area contributed by atoms with Gasteiger partial charge in [-0.1, -0.05) is 0 Å². The molecule has 0 saturated carbocycles. The first-order valence-electron chi connectivity index (χ1n) is 4.19. The van der Waals surface area contributed by atoms with Crippen molar-refractivity contribution in [2.45, 2.75) is 18.9 Å². The van der Waals surface area contributed by atoms with Gasteiger partial charge in [0, 0.05) is 6.54 Å². The largest absolute Gasteiger partial charge is 0.415 e. The van der Waals surface area contributed by atoms with Gasteiger partial charge in [-0.15, -0.1) is 0 Å². The maximum atomic E-state index is 10.9. The minimum Gasteiger partial charge on any atom is -0.375 e. The van der Waals surface area contributed by atoms with Crippen LogP contribution in [0.3, 0.4) is 0 Å². The number of carbonyl (C=O) groups is 2. The van der Waals surface area contributed by atoms with Crippen LogP contribution in [0.4, 0.5) is 4.79 Å². The zero-order valence-corrected chi connectivity index (χ0v) is 7.50. The summed E-state index contributed by atoms with van der Waals surface area (Å²) in [5.74, 6) is -0.652. The van der Waals surface area contributed by atoms with E-state index in [2.05, 4.69) is 15.4 Å². The monoisotopic (exact) mass is 200 g/mol. The van der Waals surface area contributed by atoms with E-state index in [9.17, 15) is 9.59 Å². The summed E-state index contributed by atoms with van der Waals surface area (Å²) in [4.78, 5) is 21.5. The van der Waals surface area contributed by atoms with Gasteiger partial charge in [0.1, 0.15) is 6.04 Å². The Kier molecular flexibility index (Phi) is 3.27. The second-order valence-corrected chi connectivity index (χ2v) is 2.89. The fourth-order valence-corrected chi connectivity index (χ4v) is 1.11. The van der Waals surface area contributed by atoms with Gasteiger partial charge < -0.3 is 21.1 Å². The summed E-state index contributed by atoms with van der Waals surface area (Å²) in [6.45, 7) is 0.495. The maximum absolute atomic E-state index is 10.9. The summed E-state index contributed by atoms with van der Waals surface area (Å²) in [6, 6.07) is -0.559. The van der Waals surface area contributed by atoms with E-state index >= 15 is 0 Å². The van der Waals surface area contributed by atoms with E-state index in [1.807, 2.05) is 0 Å². The molecule has 7 nitrogen and oxygen atoms in total. The number of nitrogens with one attached hydrogen (secondary N) is 3. The lowest BCUT2D eigenvalue weighted by Gasteiger charge is -2.05. The lowest BCUT2D eigenvalue weighted by atomic mass is 10.2. The smallest absolute Gasteiger partial charge is 0.375 e. The summed E-state index contributed by atoms with van der Waals surface area (Å²) in [5.41, 5.74) is 5.05. The van der Waals surface area contributed by atoms with Crippen molar-refractivity contribution in [3.05, 3.63) is 0 Å². The first-order valence-corrected chi connectivity index (χ1v) is 4.19. The maximum Gasteiger partial charge on any atom is 0.415 e. The van der Waals surface area contributed by atoms with Crippen LogP contribution in [0.5, 0.6) is 0 Å². The molecule has 1 aliphatic rings. The highest BCUT2D eigenvalue weighted by atomic mass is 16.6. The van der Waals surface area contributed by atoms with Crippen molar-refractivity contribution in [3.8, 4) is 0 Å². The number of rotatable bonds is 4. The van der Waals surface area contributed by atoms with E-state index < -0.39 is 18.1 Å². The molecule has 0 bridgehead atoms. The highest BCUT2D eigenvalue weighted by Gasteiger charge is 2.31. The van der Waals surface area contributed by atoms with Crippen molar-refractivity contribution in [2.24, 2.45) is 5.73 Å². The van der Waals surface area contributed by atoms with Crippen LogP contribution in [-0.4, -0.2) is 30.6 Å². The van der Waals surface area contributed by atoms with Gasteiger partial charge >= 0.3 is 12.1 Å². The minimum atomic E-state index is -0.695. The number of amides is 1. The molecule has 0 radical (unpaired) electrons. The molecule has 14 heavy (non-hydrogen) atoms. The predicted molar refractivity (Wildman–Crippen MR) is 47.6 cm³/mol. The summed E-state index contributed by atoms with van der Waals surface area (Å²) in [7, 11) is 0. The fourth-order valence-electron chi connectivity index (χ4n) is 1.11. The number of hydrogen-bond acceptors (Lipinski definition) is 4. The van der Waals surface area contributed by atoms with E-state index in [1.165, 1.54) is 0 Å². The number of carbonyl (C=O) groups excluding carboxylic acids is 2. The van der Waals surface area contributed by atoms with Crippen molar-refractivity contribution < 1.29 is 14.3 Å². The van der Waals surface area contributed by atoms with Crippen LogP contribution in [0.1, 0.15) is 12.8 Å². The highest BCUT2D eigenvalue weighted by Crippen LogP contribution is 2.05. The molecule has 0 unspecified atom stereocenters. The molecular weight excluding hydrogens is 188 g/mol. The molecule has 1 amide bonds. The molecule has 0 aliphatic carbocycles. The average molecular weight is 200 g/mol. The number of guanidine groups is 1. The predicted octanol–water partition coefficient (Wildman–Crippen LogP) is -1.12. The quantitative estimate of drug-likeness (QED) is 0.151. The molecule has 0 aromatic carbocycles. The minimum absolute atomic E-state index is 0.108. The van der Waals surface area contributed by atoms with E-state index in [4.69, 9.17) is 11.1 Å². The zero-order valence-electron chi connectivity index (χ0n) is 7.50. The molecule has 1 rings (SSSR count). The van der Waals surface area contributed by atoms with Crippen LogP contribution in [0.15, 0.2) is 0 Å². The second-order valence-electron chi connectivity index (χ2n) is 2.89. The van der Waals surface area contributed by atoms with Gasteiger partial charge in [0.05, 0.1) is 0 Å². The van der Waals surface area contributed by atoms with Gasteiger partial charge in [0.15, 0.2) is 5.96 Å². The molecule has 7 heteroatoms. The van der Waals surface area contributed by atoms with Crippen molar-refractivity contribution in [1.29, 1.82) is 5.41 Å². The van der Waals surface area contributed by atoms with Crippen LogP contribution >= 0.6 is 0 Å². The standard InChI is InChI=1S/C7H12N4O3/c8-6(9)10-3-1-2-4-5(12)14-7(13)11-4/h4H,1-3H2,(H,11,13)(H4,8,9,10)/t4-/m0/s1. The van der Waals surface area contributed by atoms with Crippen LogP contribution in [0.25, 0.3) is 0 Å². The Balaban J connectivity index is 2.16. The van der Waals surface area contributed by atoms with Crippen molar-refractivity contribution in [2.75, 3.05) is 6.54 Å². The Labute approximate surface area is 80.5 Å². The Morgan fingerprint density at radius 2 is 2.36 bits per heavy atom. The molecule has 1 aliphatic heterocycles. The van der Waals surface area contributed by atoms with Crippen molar-refractivity contribution >= 4 is 18.0 Å². The Hall–Kier alpha value is -1.79. The van der Waals surface area contributed by atoms with Gasteiger partial charge in [-0.3, -0.25) is 5.41 Å². The molecule has 1 atom stereocenters. The van der Waals surface area contributed by atoms with Gasteiger partial charge in [-0.25, -0.2) is 9.59 Å². The lowest BCUT2D eigenvalue weighted by molar-refractivity contribution is -0.135. The van der Waals surface area contributed by atoms with Gasteiger partial charge in [-0.05, 0) is 12.8 Å². The third-order valence-corrected chi connectivity index (χ3v) is 1.75. The third-order valence-electron chi connectivity index (χ3n) is 1.75. The molecule has 0 spiro atoms. The van der Waals surface area contributed by atoms with Crippen LogP contribution in [0.2, 0.25) is 0 Å². The van der Waals surface area contributed by atoms with Crippen molar-refractivity contribution in [1.82, 2.24) is 10.6 Å². The topological polar surface area (TPSA) is 117 Å². The Morgan fingerprint density at radius 1 is 1.64 bits per heavy atom. The van der Waals surface area contributed by atoms with Gasteiger partial charge in [0.25, 0.3) is 0 Å². The first kappa shape index (κ1) is 10.3. The fraction of sp³-hybridized carbons (Fsp3) is 0.571. The van der Waals surface area contributed by atoms with Gasteiger partial charge in [0.2, 0.25) is 0 Å². The number of ether oxygens (including phenoxy) is 1. The highest BCUT2D eigenvalue weighted by molar-refractivity contribution is 5.95.